The zero-order valence-corrected chi connectivity index (χ0v) is 16.9. The number of sulfonamides is 1. The third-order valence-corrected chi connectivity index (χ3v) is 5.77. The fourth-order valence-electron chi connectivity index (χ4n) is 2.95. The van der Waals surface area contributed by atoms with Crippen molar-refractivity contribution in [1.29, 1.82) is 0 Å². The Morgan fingerprint density at radius 1 is 0.929 bits per heavy atom. The van der Waals surface area contributed by atoms with Crippen LogP contribution in [0, 0.1) is 6.92 Å². The molecule has 0 radical (unpaired) electrons. The summed E-state index contributed by atoms with van der Waals surface area (Å²) in [6.07, 6.45) is 1.12. The molecular formula is C22H24N2O3S. The Kier molecular flexibility index (Phi) is 6.11. The minimum Gasteiger partial charge on any atom is -0.351 e. The highest BCUT2D eigenvalue weighted by atomic mass is 32.2. The molecule has 0 heterocycles. The summed E-state index contributed by atoms with van der Waals surface area (Å²) in [4.78, 5) is 12.4. The zero-order chi connectivity index (χ0) is 20.1. The molecule has 3 aromatic rings. The lowest BCUT2D eigenvalue weighted by Crippen LogP contribution is -2.39. The molecule has 3 aromatic carbocycles. The Morgan fingerprint density at radius 3 is 2.25 bits per heavy atom. The maximum absolute atomic E-state index is 12.4. The van der Waals surface area contributed by atoms with E-state index in [9.17, 15) is 13.2 Å². The predicted molar refractivity (Wildman–Crippen MR) is 112 cm³/mol. The summed E-state index contributed by atoms with van der Waals surface area (Å²) in [7, 11) is -3.51. The van der Waals surface area contributed by atoms with Crippen molar-refractivity contribution in [3.05, 3.63) is 83.4 Å². The van der Waals surface area contributed by atoms with Crippen molar-refractivity contribution < 1.29 is 13.2 Å². The first-order valence-corrected chi connectivity index (χ1v) is 10.9. The average molecular weight is 397 g/mol. The molecule has 0 atom stereocenters. The second-order valence-electron chi connectivity index (χ2n) is 6.97. The molecule has 5 nitrogen and oxygen atoms in total. The second kappa shape index (κ2) is 8.54. The van der Waals surface area contributed by atoms with E-state index >= 15 is 0 Å². The first kappa shape index (κ1) is 20.0. The molecule has 0 aromatic heterocycles. The van der Waals surface area contributed by atoms with Crippen LogP contribution in [0.15, 0.2) is 66.7 Å². The van der Waals surface area contributed by atoms with Crippen molar-refractivity contribution in [2.75, 3.05) is 12.8 Å². The second-order valence-corrected chi connectivity index (χ2v) is 8.96. The molecule has 28 heavy (non-hydrogen) atoms. The predicted octanol–water partition coefficient (Wildman–Crippen LogP) is 3.23. The number of benzene rings is 3. The van der Waals surface area contributed by atoms with Crippen LogP contribution in [0.3, 0.4) is 0 Å². The van der Waals surface area contributed by atoms with Crippen LogP contribution < -0.4 is 5.32 Å². The van der Waals surface area contributed by atoms with Gasteiger partial charge in [0.1, 0.15) is 0 Å². The molecule has 0 aliphatic heterocycles. The first-order chi connectivity index (χ1) is 13.3. The van der Waals surface area contributed by atoms with Crippen molar-refractivity contribution in [3.63, 3.8) is 0 Å². The monoisotopic (exact) mass is 396 g/mol. The van der Waals surface area contributed by atoms with Gasteiger partial charge in [-0.05, 0) is 34.9 Å². The van der Waals surface area contributed by atoms with Crippen LogP contribution in [0.25, 0.3) is 10.8 Å². The summed E-state index contributed by atoms with van der Waals surface area (Å²) in [6.45, 7) is 2.28. The highest BCUT2D eigenvalue weighted by molar-refractivity contribution is 7.88. The van der Waals surface area contributed by atoms with Crippen LogP contribution in [0.5, 0.6) is 0 Å². The molecule has 0 spiro atoms. The van der Waals surface area contributed by atoms with Gasteiger partial charge in [-0.15, -0.1) is 0 Å². The minimum absolute atomic E-state index is 0.169. The third-order valence-electron chi connectivity index (χ3n) is 4.57. The van der Waals surface area contributed by atoms with E-state index < -0.39 is 10.0 Å². The number of nitrogens with zero attached hydrogens (tertiary/aromatic N) is 1. The molecule has 146 valence electrons. The first-order valence-electron chi connectivity index (χ1n) is 9.06. The van der Waals surface area contributed by atoms with E-state index in [1.165, 1.54) is 4.31 Å². The fraction of sp³-hybridized carbons (Fsp3) is 0.227. The van der Waals surface area contributed by atoms with E-state index in [-0.39, 0.29) is 19.0 Å². The van der Waals surface area contributed by atoms with E-state index in [0.717, 1.165) is 33.7 Å². The van der Waals surface area contributed by atoms with Crippen molar-refractivity contribution >= 4 is 26.7 Å². The van der Waals surface area contributed by atoms with Gasteiger partial charge in [0.05, 0.1) is 12.8 Å². The number of aryl methyl sites for hydroxylation is 1. The normalized spacial score (nSPS) is 11.7. The van der Waals surface area contributed by atoms with Crippen molar-refractivity contribution in [2.45, 2.75) is 20.0 Å². The highest BCUT2D eigenvalue weighted by Gasteiger charge is 2.20. The summed E-state index contributed by atoms with van der Waals surface area (Å²) in [6, 6.07) is 21.6. The molecule has 1 N–H and O–H groups in total. The standard InChI is InChI=1S/C22H24N2O3S/c1-17-7-9-18(10-8-17)15-24(28(2,26)27)16-22(25)23-14-19-11-12-20-5-3-4-6-21(20)13-19/h3-13H,14-16H2,1-2H3,(H,23,25). The largest absolute Gasteiger partial charge is 0.351 e. The lowest BCUT2D eigenvalue weighted by Gasteiger charge is -2.19. The summed E-state index contributed by atoms with van der Waals surface area (Å²) in [5, 5.41) is 5.06. The topological polar surface area (TPSA) is 66.5 Å². The molecule has 0 aliphatic rings. The molecule has 3 rings (SSSR count). The Morgan fingerprint density at radius 2 is 1.57 bits per heavy atom. The van der Waals surface area contributed by atoms with Crippen molar-refractivity contribution in [1.82, 2.24) is 9.62 Å². The van der Waals surface area contributed by atoms with Crippen LogP contribution in [0.4, 0.5) is 0 Å². The molecule has 0 aliphatic carbocycles. The lowest BCUT2D eigenvalue weighted by molar-refractivity contribution is -0.121. The van der Waals surface area contributed by atoms with E-state index in [1.54, 1.807) is 0 Å². The molecule has 1 amide bonds. The molecule has 6 heteroatoms. The van der Waals surface area contributed by atoms with Crippen LogP contribution in [-0.4, -0.2) is 31.4 Å². The smallest absolute Gasteiger partial charge is 0.235 e. The van der Waals surface area contributed by atoms with Gasteiger partial charge in [-0.1, -0.05) is 66.2 Å². The van der Waals surface area contributed by atoms with E-state index in [4.69, 9.17) is 0 Å². The van der Waals surface area contributed by atoms with Gasteiger partial charge in [0.2, 0.25) is 15.9 Å². The van der Waals surface area contributed by atoms with Crippen molar-refractivity contribution in [3.8, 4) is 0 Å². The molecule has 0 unspecified atom stereocenters. The minimum atomic E-state index is -3.51. The third kappa shape index (κ3) is 5.41. The molecular weight excluding hydrogens is 372 g/mol. The molecule has 0 bridgehead atoms. The van der Waals surface area contributed by atoms with Crippen LogP contribution in [0.2, 0.25) is 0 Å². The van der Waals surface area contributed by atoms with Gasteiger partial charge >= 0.3 is 0 Å². The summed E-state index contributed by atoms with van der Waals surface area (Å²) >= 11 is 0. The number of hydrogen-bond donors (Lipinski definition) is 1. The maximum atomic E-state index is 12.4. The summed E-state index contributed by atoms with van der Waals surface area (Å²) < 4.78 is 25.4. The summed E-state index contributed by atoms with van der Waals surface area (Å²) in [5.41, 5.74) is 2.91. The number of nitrogens with one attached hydrogen (secondary N) is 1. The van der Waals surface area contributed by atoms with E-state index in [1.807, 2.05) is 73.7 Å². The van der Waals surface area contributed by atoms with E-state index in [0.29, 0.717) is 6.54 Å². The average Bonchev–Trinajstić information content (AvgIpc) is 2.66. The Balaban J connectivity index is 1.63. The van der Waals surface area contributed by atoms with E-state index in [2.05, 4.69) is 5.32 Å². The van der Waals surface area contributed by atoms with Gasteiger partial charge in [0.15, 0.2) is 0 Å². The van der Waals surface area contributed by atoms with Crippen LogP contribution in [-0.2, 0) is 27.9 Å². The fourth-order valence-corrected chi connectivity index (χ4v) is 3.69. The van der Waals surface area contributed by atoms with Gasteiger partial charge < -0.3 is 5.32 Å². The van der Waals surface area contributed by atoms with Gasteiger partial charge in [0, 0.05) is 13.1 Å². The SMILES string of the molecule is Cc1ccc(CN(CC(=O)NCc2ccc3ccccc3c2)S(C)(=O)=O)cc1. The van der Waals surface area contributed by atoms with Crippen LogP contribution in [0.1, 0.15) is 16.7 Å². The summed E-state index contributed by atoms with van der Waals surface area (Å²) in [5.74, 6) is -0.328. The van der Waals surface area contributed by atoms with Gasteiger partial charge in [-0.25, -0.2) is 8.42 Å². The number of fused-ring (bicyclic) bond motifs is 1. The Hall–Kier alpha value is -2.70. The number of carbonyl (C=O) groups excluding carboxylic acids is 1. The number of amides is 1. The Labute approximate surface area is 166 Å². The zero-order valence-electron chi connectivity index (χ0n) is 16.1. The van der Waals surface area contributed by atoms with Gasteiger partial charge in [-0.3, -0.25) is 4.79 Å². The molecule has 0 fully saturated rings. The van der Waals surface area contributed by atoms with Crippen molar-refractivity contribution in [2.24, 2.45) is 0 Å². The number of rotatable bonds is 7. The Bertz CT molecular complexity index is 1080. The highest BCUT2D eigenvalue weighted by Crippen LogP contribution is 2.15. The van der Waals surface area contributed by atoms with Gasteiger partial charge in [0.25, 0.3) is 0 Å². The number of hydrogen-bond acceptors (Lipinski definition) is 3. The van der Waals surface area contributed by atoms with Crippen LogP contribution >= 0.6 is 0 Å². The molecule has 0 saturated heterocycles. The maximum Gasteiger partial charge on any atom is 0.235 e. The lowest BCUT2D eigenvalue weighted by atomic mass is 10.1. The van der Waals surface area contributed by atoms with Gasteiger partial charge in [-0.2, -0.15) is 4.31 Å². The molecule has 0 saturated carbocycles. The number of carbonyl (C=O) groups is 1. The quantitative estimate of drug-likeness (QED) is 0.667.